The molecule has 0 aromatic heterocycles. The fourth-order valence-corrected chi connectivity index (χ4v) is 3.57. The molecule has 2 atom stereocenters. The van der Waals surface area contributed by atoms with E-state index in [1.165, 1.54) is 0 Å². The minimum Gasteiger partial charge on any atom is -0.356 e. The zero-order chi connectivity index (χ0) is 8.77. The number of nitrogens with one attached hydrogen (secondary N) is 3. The summed E-state index contributed by atoms with van der Waals surface area (Å²) in [5, 5.41) is 3.38. The van der Waals surface area contributed by atoms with E-state index in [0.29, 0.717) is 5.11 Å². The van der Waals surface area contributed by atoms with Gasteiger partial charge in [0.2, 0.25) is 0 Å². The maximum Gasteiger partial charge on any atom is 0.181 e. The summed E-state index contributed by atoms with van der Waals surface area (Å²) in [5.41, 5.74) is 5.55. The van der Waals surface area contributed by atoms with Crippen LogP contribution in [-0.4, -0.2) is 37.1 Å². The molecule has 0 aromatic carbocycles. The van der Waals surface area contributed by atoms with Crippen LogP contribution in [0.25, 0.3) is 0 Å². The van der Waals surface area contributed by atoms with Crippen LogP contribution in [0.3, 0.4) is 0 Å². The molecule has 0 bridgehead atoms. The molecule has 68 valence electrons. The first kappa shape index (κ1) is 8.21. The van der Waals surface area contributed by atoms with Crippen molar-refractivity contribution in [2.45, 2.75) is 12.1 Å². The summed E-state index contributed by atoms with van der Waals surface area (Å²) < 4.78 is 22.3. The van der Waals surface area contributed by atoms with Crippen LogP contribution in [0.5, 0.6) is 0 Å². The summed E-state index contributed by atoms with van der Waals surface area (Å²) in [6.45, 7) is 0. The molecule has 7 heteroatoms. The largest absolute Gasteiger partial charge is 0.356 e. The molecule has 0 radical (unpaired) electrons. The lowest BCUT2D eigenvalue weighted by atomic mass is 10.2. The lowest BCUT2D eigenvalue weighted by Crippen LogP contribution is -2.63. The molecule has 0 aromatic rings. The van der Waals surface area contributed by atoms with Gasteiger partial charge in [0.1, 0.15) is 0 Å². The van der Waals surface area contributed by atoms with Gasteiger partial charge in [0.25, 0.3) is 0 Å². The second-order valence-electron chi connectivity index (χ2n) is 3.03. The highest BCUT2D eigenvalue weighted by Crippen LogP contribution is 2.13. The van der Waals surface area contributed by atoms with Gasteiger partial charge >= 0.3 is 0 Å². The molecule has 12 heavy (non-hydrogen) atoms. The molecular formula is C5H9N3O2S2. The van der Waals surface area contributed by atoms with Crippen LogP contribution in [0.4, 0.5) is 0 Å². The van der Waals surface area contributed by atoms with E-state index >= 15 is 0 Å². The first-order chi connectivity index (χ1) is 5.57. The Morgan fingerprint density at radius 1 is 1.33 bits per heavy atom. The highest BCUT2D eigenvalue weighted by Gasteiger charge is 2.40. The fourth-order valence-electron chi connectivity index (χ4n) is 1.49. The normalized spacial score (nSPS) is 38.2. The molecule has 5 nitrogen and oxygen atoms in total. The Morgan fingerprint density at radius 3 is 2.75 bits per heavy atom. The number of fused-ring (bicyclic) bond motifs is 1. The number of hydrogen-bond donors (Lipinski definition) is 3. The van der Waals surface area contributed by atoms with E-state index in [4.69, 9.17) is 12.2 Å². The highest BCUT2D eigenvalue weighted by molar-refractivity contribution is 7.91. The quantitative estimate of drug-likeness (QED) is 0.405. The van der Waals surface area contributed by atoms with Gasteiger partial charge < -0.3 is 5.32 Å². The monoisotopic (exact) mass is 207 g/mol. The van der Waals surface area contributed by atoms with Gasteiger partial charge in [0.05, 0.1) is 23.6 Å². The standard InChI is InChI=1S/C5H9N3O2S2/c9-12(10)1-3-4(2-12)7-8-5(11)6-3/h3-4,7H,1-2H2,(H2,6,8,11)/t3-,4-/m1/s1. The third-order valence-electron chi connectivity index (χ3n) is 2.04. The first-order valence-electron chi connectivity index (χ1n) is 3.59. The van der Waals surface area contributed by atoms with Gasteiger partial charge in [0, 0.05) is 0 Å². The van der Waals surface area contributed by atoms with E-state index in [-0.39, 0.29) is 23.6 Å². The van der Waals surface area contributed by atoms with Gasteiger partial charge in [-0.2, -0.15) is 0 Å². The molecule has 2 heterocycles. The summed E-state index contributed by atoms with van der Waals surface area (Å²) in [6, 6.07) is -0.120. The van der Waals surface area contributed by atoms with Gasteiger partial charge in [-0.3, -0.25) is 5.43 Å². The Bertz CT molecular complexity index is 313. The molecule has 3 N–H and O–H groups in total. The summed E-state index contributed by atoms with van der Waals surface area (Å²) >= 11 is 4.83. The molecular weight excluding hydrogens is 198 g/mol. The second-order valence-corrected chi connectivity index (χ2v) is 5.59. The number of thiocarbonyl (C=S) groups is 1. The van der Waals surface area contributed by atoms with Gasteiger partial charge in [-0.15, -0.1) is 0 Å². The third-order valence-corrected chi connectivity index (χ3v) is 3.99. The maximum atomic E-state index is 11.2. The molecule has 2 fully saturated rings. The Labute approximate surface area is 75.8 Å². The lowest BCUT2D eigenvalue weighted by molar-refractivity contribution is 0.416. The van der Waals surface area contributed by atoms with E-state index in [2.05, 4.69) is 16.2 Å². The summed E-state index contributed by atoms with van der Waals surface area (Å²) in [5.74, 6) is 0.354. The van der Waals surface area contributed by atoms with E-state index in [1.807, 2.05) is 0 Å². The van der Waals surface area contributed by atoms with Crippen molar-refractivity contribution in [1.29, 1.82) is 0 Å². The van der Waals surface area contributed by atoms with Gasteiger partial charge in [-0.05, 0) is 12.2 Å². The zero-order valence-electron chi connectivity index (χ0n) is 6.20. The van der Waals surface area contributed by atoms with Crippen molar-refractivity contribution in [2.75, 3.05) is 11.5 Å². The SMILES string of the molecule is O=S1(=O)C[C@H]2NNC(=S)N[C@@H]2C1. The topological polar surface area (TPSA) is 70.2 Å². The summed E-state index contributed by atoms with van der Waals surface area (Å²) in [7, 11) is -2.88. The second kappa shape index (κ2) is 2.54. The van der Waals surface area contributed by atoms with Crippen LogP contribution in [0.2, 0.25) is 0 Å². The molecule has 0 unspecified atom stereocenters. The van der Waals surface area contributed by atoms with Gasteiger partial charge in [-0.1, -0.05) is 0 Å². The molecule has 2 saturated heterocycles. The van der Waals surface area contributed by atoms with Crippen LogP contribution in [0.1, 0.15) is 0 Å². The van der Waals surface area contributed by atoms with Crippen molar-refractivity contribution in [3.63, 3.8) is 0 Å². The Morgan fingerprint density at radius 2 is 2.00 bits per heavy atom. The molecule has 2 rings (SSSR count). The lowest BCUT2D eigenvalue weighted by Gasteiger charge is -2.28. The Balaban J connectivity index is 2.17. The van der Waals surface area contributed by atoms with Crippen molar-refractivity contribution in [3.8, 4) is 0 Å². The predicted octanol–water partition coefficient (Wildman–Crippen LogP) is -1.87. The average Bonchev–Trinajstić information content (AvgIpc) is 2.21. The molecule has 0 saturated carbocycles. The summed E-state index contributed by atoms with van der Waals surface area (Å²) in [4.78, 5) is 0. The highest BCUT2D eigenvalue weighted by atomic mass is 32.2. The molecule has 0 spiro atoms. The maximum absolute atomic E-state index is 11.2. The number of sulfone groups is 1. The van der Waals surface area contributed by atoms with Crippen LogP contribution in [-0.2, 0) is 9.84 Å². The first-order valence-corrected chi connectivity index (χ1v) is 5.82. The summed E-state index contributed by atoms with van der Waals surface area (Å²) in [6.07, 6.45) is 0. The molecule has 0 amide bonds. The number of rotatable bonds is 0. The van der Waals surface area contributed by atoms with Crippen molar-refractivity contribution in [3.05, 3.63) is 0 Å². The minimum atomic E-state index is -2.88. The van der Waals surface area contributed by atoms with Crippen LogP contribution in [0, 0.1) is 0 Å². The minimum absolute atomic E-state index is 0.0540. The average molecular weight is 207 g/mol. The smallest absolute Gasteiger partial charge is 0.181 e. The number of hydrogen-bond acceptors (Lipinski definition) is 4. The van der Waals surface area contributed by atoms with Crippen molar-refractivity contribution < 1.29 is 8.42 Å². The van der Waals surface area contributed by atoms with Crippen molar-refractivity contribution in [1.82, 2.24) is 16.2 Å². The van der Waals surface area contributed by atoms with Crippen LogP contribution >= 0.6 is 12.2 Å². The Kier molecular flexibility index (Phi) is 1.74. The van der Waals surface area contributed by atoms with Gasteiger partial charge in [0.15, 0.2) is 14.9 Å². The molecule has 2 aliphatic rings. The van der Waals surface area contributed by atoms with Gasteiger partial charge in [-0.25, -0.2) is 13.8 Å². The molecule has 0 aliphatic carbocycles. The van der Waals surface area contributed by atoms with Crippen LogP contribution in [0.15, 0.2) is 0 Å². The number of hydrazine groups is 1. The van der Waals surface area contributed by atoms with E-state index in [9.17, 15) is 8.42 Å². The third kappa shape index (κ3) is 1.39. The predicted molar refractivity (Wildman–Crippen MR) is 48.2 cm³/mol. The van der Waals surface area contributed by atoms with E-state index in [0.717, 1.165) is 0 Å². The van der Waals surface area contributed by atoms with E-state index < -0.39 is 9.84 Å². The van der Waals surface area contributed by atoms with Crippen molar-refractivity contribution >= 4 is 27.2 Å². The van der Waals surface area contributed by atoms with Crippen LogP contribution < -0.4 is 16.2 Å². The molecule has 2 aliphatic heterocycles. The fraction of sp³-hybridized carbons (Fsp3) is 0.800. The Hall–Kier alpha value is -0.400. The van der Waals surface area contributed by atoms with Crippen molar-refractivity contribution in [2.24, 2.45) is 0 Å². The van der Waals surface area contributed by atoms with E-state index in [1.54, 1.807) is 0 Å². The zero-order valence-corrected chi connectivity index (χ0v) is 7.83.